The van der Waals surface area contributed by atoms with Crippen LogP contribution in [0.3, 0.4) is 0 Å². The average Bonchev–Trinajstić information content (AvgIpc) is 2.36. The quantitative estimate of drug-likeness (QED) is 0.374. The molecule has 0 N–H and O–H groups in total. The Morgan fingerprint density at radius 1 is 0.556 bits per heavy atom. The fraction of sp³-hybridized carbons (Fsp3) is 0.455. The Hall–Kier alpha value is 1.71. The zero-order valence-electron chi connectivity index (χ0n) is 10.8. The second-order valence-corrected chi connectivity index (χ2v) is 7.49. The van der Waals surface area contributed by atoms with Gasteiger partial charge in [0.15, 0.2) is 0 Å². The summed E-state index contributed by atoms with van der Waals surface area (Å²) in [6.07, 6.45) is 10.6. The molecule has 0 unspecified atom stereocenters. The number of thioether (sulfide) groups is 5. The molecular weight excluding hydrogens is 388 g/mol. The number of rotatable bonds is 5. The zero-order chi connectivity index (χ0) is 13.0. The van der Waals surface area contributed by atoms with Crippen molar-refractivity contribution in [3.05, 3.63) is 0 Å². The molecular formula is C11H15CuS6. The number of hydrogen-bond donors (Lipinski definition) is 0. The molecule has 0 atom stereocenters. The van der Waals surface area contributed by atoms with Crippen molar-refractivity contribution in [3.8, 4) is 0 Å². The SMILES string of the molecule is CSc1c([S-])c(SC)c(SC)c(SC)c1SC.[Cu+]. The van der Waals surface area contributed by atoms with Gasteiger partial charge in [-0.2, -0.15) is 0 Å². The first-order valence-corrected chi connectivity index (χ1v) is 11.3. The Balaban J connectivity index is 0.00000289. The molecule has 0 radical (unpaired) electrons. The summed E-state index contributed by atoms with van der Waals surface area (Å²) in [7, 11) is 0. The average molecular weight is 403 g/mol. The smallest absolute Gasteiger partial charge is 0.777 e. The van der Waals surface area contributed by atoms with Gasteiger partial charge in [0.25, 0.3) is 0 Å². The fourth-order valence-corrected chi connectivity index (χ4v) is 7.51. The molecule has 106 valence electrons. The molecule has 0 spiro atoms. The Morgan fingerprint density at radius 3 is 1.00 bits per heavy atom. The van der Waals surface area contributed by atoms with Crippen molar-refractivity contribution in [2.75, 3.05) is 31.3 Å². The van der Waals surface area contributed by atoms with E-state index in [0.29, 0.717) is 0 Å². The Kier molecular flexibility index (Phi) is 10.5. The fourth-order valence-electron chi connectivity index (χ4n) is 1.55. The van der Waals surface area contributed by atoms with Gasteiger partial charge in [-0.05, 0) is 31.3 Å². The van der Waals surface area contributed by atoms with Crippen LogP contribution in [0, 0.1) is 0 Å². The number of benzene rings is 1. The Labute approximate surface area is 148 Å². The molecule has 7 heteroatoms. The molecule has 1 rings (SSSR count). The Bertz CT molecular complexity index is 374. The van der Waals surface area contributed by atoms with Gasteiger partial charge in [0, 0.05) is 24.5 Å². The summed E-state index contributed by atoms with van der Waals surface area (Å²) >= 11 is 14.6. The summed E-state index contributed by atoms with van der Waals surface area (Å²) < 4.78 is 0. The molecule has 0 bridgehead atoms. The first-order valence-electron chi connectivity index (χ1n) is 4.77. The van der Waals surface area contributed by atoms with Crippen molar-refractivity contribution < 1.29 is 17.1 Å². The van der Waals surface area contributed by atoms with Crippen LogP contribution in [0.15, 0.2) is 29.4 Å². The molecule has 0 aliphatic heterocycles. The van der Waals surface area contributed by atoms with Crippen LogP contribution in [0.4, 0.5) is 0 Å². The van der Waals surface area contributed by atoms with Crippen molar-refractivity contribution >= 4 is 71.4 Å². The zero-order valence-corrected chi connectivity index (χ0v) is 16.6. The molecule has 0 saturated carbocycles. The van der Waals surface area contributed by atoms with Gasteiger partial charge in [-0.25, -0.2) is 0 Å². The van der Waals surface area contributed by atoms with E-state index in [0.717, 1.165) is 4.90 Å². The monoisotopic (exact) mass is 402 g/mol. The molecule has 0 nitrogen and oxygen atoms in total. The maximum absolute atomic E-state index is 5.63. The van der Waals surface area contributed by atoms with Gasteiger partial charge in [-0.15, -0.1) is 63.7 Å². The van der Waals surface area contributed by atoms with Gasteiger partial charge in [0.05, 0.1) is 0 Å². The van der Waals surface area contributed by atoms with Gasteiger partial charge in [-0.1, -0.05) is 0 Å². The van der Waals surface area contributed by atoms with E-state index in [1.165, 1.54) is 24.5 Å². The summed E-state index contributed by atoms with van der Waals surface area (Å²) in [6.45, 7) is 0. The van der Waals surface area contributed by atoms with Crippen LogP contribution < -0.4 is 0 Å². The summed E-state index contributed by atoms with van der Waals surface area (Å²) in [6, 6.07) is 0. The van der Waals surface area contributed by atoms with Crippen molar-refractivity contribution in [3.63, 3.8) is 0 Å². The van der Waals surface area contributed by atoms with Crippen LogP contribution in [0.1, 0.15) is 0 Å². The minimum atomic E-state index is 0. The van der Waals surface area contributed by atoms with Crippen LogP contribution in [0.25, 0.3) is 0 Å². The van der Waals surface area contributed by atoms with E-state index in [1.54, 1.807) is 47.0 Å². The van der Waals surface area contributed by atoms with Gasteiger partial charge < -0.3 is 12.6 Å². The molecule has 1 aromatic carbocycles. The van der Waals surface area contributed by atoms with Crippen molar-refractivity contribution in [2.45, 2.75) is 29.4 Å². The third-order valence-corrected chi connectivity index (χ3v) is 7.52. The molecule has 0 aromatic heterocycles. The Morgan fingerprint density at radius 2 is 0.778 bits per heavy atom. The maximum Gasteiger partial charge on any atom is 1.00 e. The van der Waals surface area contributed by atoms with E-state index in [-0.39, 0.29) is 17.1 Å². The van der Waals surface area contributed by atoms with Crippen LogP contribution in [0.2, 0.25) is 0 Å². The molecule has 0 aliphatic carbocycles. The number of hydrogen-bond acceptors (Lipinski definition) is 6. The van der Waals surface area contributed by atoms with Crippen LogP contribution in [-0.2, 0) is 29.7 Å². The van der Waals surface area contributed by atoms with E-state index in [2.05, 4.69) is 31.3 Å². The van der Waals surface area contributed by atoms with E-state index < -0.39 is 0 Å². The van der Waals surface area contributed by atoms with Crippen LogP contribution >= 0.6 is 58.8 Å². The summed E-state index contributed by atoms with van der Waals surface area (Å²) in [4.78, 5) is 7.62. The maximum atomic E-state index is 5.63. The van der Waals surface area contributed by atoms with E-state index in [4.69, 9.17) is 12.6 Å². The summed E-state index contributed by atoms with van der Waals surface area (Å²) in [5.74, 6) is 0. The minimum absolute atomic E-state index is 0. The molecule has 0 saturated heterocycles. The third kappa shape index (κ3) is 3.88. The minimum Gasteiger partial charge on any atom is -0.777 e. The van der Waals surface area contributed by atoms with Gasteiger partial charge in [0.1, 0.15) is 0 Å². The molecule has 1 aromatic rings. The van der Waals surface area contributed by atoms with E-state index in [1.807, 2.05) is 11.8 Å². The second kappa shape index (κ2) is 9.61. The summed E-state index contributed by atoms with van der Waals surface area (Å²) in [5, 5.41) is 0. The predicted molar refractivity (Wildman–Crippen MR) is 91.0 cm³/mol. The molecule has 0 heterocycles. The van der Waals surface area contributed by atoms with Crippen molar-refractivity contribution in [1.82, 2.24) is 0 Å². The van der Waals surface area contributed by atoms with Gasteiger partial charge in [0.2, 0.25) is 0 Å². The first kappa shape index (κ1) is 19.7. The topological polar surface area (TPSA) is 0 Å². The van der Waals surface area contributed by atoms with Crippen LogP contribution in [-0.4, -0.2) is 31.3 Å². The molecule has 18 heavy (non-hydrogen) atoms. The molecule has 0 fully saturated rings. The molecule has 0 aliphatic rings. The third-order valence-electron chi connectivity index (χ3n) is 2.26. The largest absolute Gasteiger partial charge is 1.00 e. The first-order chi connectivity index (χ1) is 8.15. The summed E-state index contributed by atoms with van der Waals surface area (Å²) in [5.41, 5.74) is 0. The van der Waals surface area contributed by atoms with Crippen LogP contribution in [0.5, 0.6) is 0 Å². The van der Waals surface area contributed by atoms with Crippen molar-refractivity contribution in [2.24, 2.45) is 0 Å². The standard InChI is InChI=1S/C11H16S6.Cu/c1-13-7-6(12)8(14-2)10(16-4)11(17-5)9(7)15-3;/h12H,1-5H3;/q;+1/p-1. The second-order valence-electron chi connectivity index (χ2n) is 3.00. The van der Waals surface area contributed by atoms with E-state index in [9.17, 15) is 0 Å². The van der Waals surface area contributed by atoms with Crippen molar-refractivity contribution in [1.29, 1.82) is 0 Å². The van der Waals surface area contributed by atoms with Gasteiger partial charge >= 0.3 is 17.1 Å². The normalized spacial score (nSPS) is 10.3. The van der Waals surface area contributed by atoms with Gasteiger partial charge in [-0.3, -0.25) is 0 Å². The van der Waals surface area contributed by atoms with E-state index >= 15 is 0 Å². The molecule has 0 amide bonds. The predicted octanol–water partition coefficient (Wildman–Crippen LogP) is 5.20.